The van der Waals surface area contributed by atoms with Crippen molar-refractivity contribution < 1.29 is 79.3 Å². The molecule has 0 aliphatic carbocycles. The number of benzene rings is 1. The molecule has 12 nitrogen and oxygen atoms in total. The van der Waals surface area contributed by atoms with E-state index in [0.717, 1.165) is 15.8 Å². The van der Waals surface area contributed by atoms with Crippen LogP contribution in [0.3, 0.4) is 0 Å². The fourth-order valence-corrected chi connectivity index (χ4v) is 5.30. The number of carboxylic acids is 2. The monoisotopic (exact) mass is 610 g/mol. The van der Waals surface area contributed by atoms with E-state index in [0.29, 0.717) is 53.8 Å². The summed E-state index contributed by atoms with van der Waals surface area (Å²) in [7, 11) is 3.03. The normalized spacial score (nSPS) is 11.9. The van der Waals surface area contributed by atoms with Gasteiger partial charge in [0.05, 0.1) is 55.4 Å². The molecule has 0 spiro atoms. The second-order valence-corrected chi connectivity index (χ2v) is 10.4. The molecule has 0 unspecified atom stereocenters. The summed E-state index contributed by atoms with van der Waals surface area (Å²) in [6.45, 7) is 1.34. The van der Waals surface area contributed by atoms with Crippen LogP contribution >= 0.6 is 11.3 Å². The zero-order valence-corrected chi connectivity index (χ0v) is 26.5. The number of ether oxygens (including phenoxy) is 4. The van der Waals surface area contributed by atoms with Gasteiger partial charge in [-0.25, -0.2) is 4.98 Å². The van der Waals surface area contributed by atoms with Gasteiger partial charge in [0.2, 0.25) is 5.91 Å². The Kier molecular flexibility index (Phi) is 12.0. The maximum Gasteiger partial charge on any atom is 1.00 e. The third-order valence-corrected chi connectivity index (χ3v) is 7.51. The van der Waals surface area contributed by atoms with Gasteiger partial charge >= 0.3 is 41.5 Å². The van der Waals surface area contributed by atoms with Crippen LogP contribution in [-0.4, -0.2) is 71.2 Å². The number of rotatable bonds is 15. The molecule has 1 aliphatic heterocycles. The van der Waals surface area contributed by atoms with E-state index in [1.165, 1.54) is 25.6 Å². The third-order valence-electron chi connectivity index (χ3n) is 6.39. The molecule has 1 aromatic carbocycles. The number of carboxylic acid groups (broad SMARTS) is 2. The maximum absolute atomic E-state index is 12.4. The molecule has 0 radical (unpaired) electrons. The summed E-state index contributed by atoms with van der Waals surface area (Å²) in [6, 6.07) is 7.03. The summed E-state index contributed by atoms with van der Waals surface area (Å²) in [5.74, 6) is -0.764. The second kappa shape index (κ2) is 15.2. The van der Waals surface area contributed by atoms with Crippen molar-refractivity contribution in [2.75, 3.05) is 27.4 Å². The first-order valence-corrected chi connectivity index (χ1v) is 13.7. The van der Waals surface area contributed by atoms with Gasteiger partial charge in [0.25, 0.3) is 5.88 Å². The standard InChI is InChI=1S/C28H30N2O10S.Na.H/c1-37-20-10-16-14-30(25(32)5-7-27(35)36)15-17(16)11-21(20)39-8-3-9-40-28-22(38-2)13-23-18(29-28)12-24(41-23)19(31)4-6-26(33)34;;/h10-13H,3-9,14-15H2,1-2H3,(H,33,34)(H,35,36);;/q;+1;-1. The number of hydrogen-bond donors (Lipinski definition) is 2. The van der Waals surface area contributed by atoms with Gasteiger partial charge < -0.3 is 35.5 Å². The molecule has 220 valence electrons. The number of carbonyl (C=O) groups is 4. The Morgan fingerprint density at radius 2 is 1.48 bits per heavy atom. The molecular formula is C28H31N2NaO10S. The fraction of sp³-hybridized carbons (Fsp3) is 0.393. The Balaban J connectivity index is 0.00000323. The van der Waals surface area contributed by atoms with E-state index >= 15 is 0 Å². The number of Topliss-reactive ketones (excluding diaryl/α,β-unsaturated/α-hetero) is 1. The molecule has 2 aromatic heterocycles. The average Bonchev–Trinajstić information content (AvgIpc) is 3.56. The number of nitrogens with zero attached hydrogens (tertiary/aromatic N) is 2. The summed E-state index contributed by atoms with van der Waals surface area (Å²) < 4.78 is 23.4. The molecule has 14 heteroatoms. The van der Waals surface area contributed by atoms with Gasteiger partial charge in [-0.05, 0) is 29.3 Å². The summed E-state index contributed by atoms with van der Waals surface area (Å²) in [5.41, 5.74) is 2.40. The Hall–Kier alpha value is -3.39. The molecule has 0 saturated carbocycles. The van der Waals surface area contributed by atoms with E-state index < -0.39 is 11.9 Å². The molecule has 4 rings (SSSR count). The summed E-state index contributed by atoms with van der Waals surface area (Å²) in [4.78, 5) is 52.8. The molecule has 0 bridgehead atoms. The predicted octanol–water partition coefficient (Wildman–Crippen LogP) is 1.03. The zero-order valence-electron chi connectivity index (χ0n) is 24.6. The molecular weight excluding hydrogens is 579 g/mol. The molecule has 0 atom stereocenters. The van der Waals surface area contributed by atoms with E-state index in [1.807, 2.05) is 12.1 Å². The molecule has 2 N–H and O–H groups in total. The first kappa shape index (κ1) is 33.1. The van der Waals surface area contributed by atoms with Crippen LogP contribution in [0.4, 0.5) is 0 Å². The van der Waals surface area contributed by atoms with E-state index in [2.05, 4.69) is 4.98 Å². The zero-order chi connectivity index (χ0) is 29.5. The van der Waals surface area contributed by atoms with Gasteiger partial charge in [-0.2, -0.15) is 0 Å². The van der Waals surface area contributed by atoms with Crippen LogP contribution in [0.15, 0.2) is 24.3 Å². The summed E-state index contributed by atoms with van der Waals surface area (Å²) in [6.07, 6.45) is -0.0608. The van der Waals surface area contributed by atoms with Crippen molar-refractivity contribution >= 4 is 45.2 Å². The Bertz CT molecular complexity index is 1480. The van der Waals surface area contributed by atoms with Crippen LogP contribution in [0, 0.1) is 0 Å². The quantitative estimate of drug-likeness (QED) is 0.144. The number of pyridine rings is 1. The number of carbonyl (C=O) groups excluding carboxylic acids is 2. The topological polar surface area (TPSA) is 162 Å². The second-order valence-electron chi connectivity index (χ2n) is 9.27. The summed E-state index contributed by atoms with van der Waals surface area (Å²) in [5, 5.41) is 17.7. The molecule has 1 amide bonds. The van der Waals surface area contributed by atoms with Crippen molar-refractivity contribution in [1.29, 1.82) is 0 Å². The van der Waals surface area contributed by atoms with Crippen molar-refractivity contribution in [2.45, 2.75) is 45.2 Å². The van der Waals surface area contributed by atoms with Crippen LogP contribution < -0.4 is 48.5 Å². The minimum atomic E-state index is -1.03. The molecule has 1 aliphatic rings. The molecule has 3 heterocycles. The third kappa shape index (κ3) is 8.34. The van der Waals surface area contributed by atoms with E-state index in [1.54, 1.807) is 17.0 Å². The van der Waals surface area contributed by atoms with Crippen LogP contribution in [0.5, 0.6) is 23.1 Å². The largest absolute Gasteiger partial charge is 1.00 e. The number of amides is 1. The first-order valence-electron chi connectivity index (χ1n) is 12.9. The van der Waals surface area contributed by atoms with Crippen molar-refractivity contribution in [2.24, 2.45) is 0 Å². The number of aromatic nitrogens is 1. The van der Waals surface area contributed by atoms with E-state index in [9.17, 15) is 19.2 Å². The van der Waals surface area contributed by atoms with Crippen LogP contribution in [0.25, 0.3) is 10.2 Å². The number of hydrogen-bond acceptors (Lipinski definition) is 10. The maximum atomic E-state index is 12.4. The minimum Gasteiger partial charge on any atom is -1.00 e. The van der Waals surface area contributed by atoms with E-state index in [4.69, 9.17) is 29.2 Å². The van der Waals surface area contributed by atoms with Crippen molar-refractivity contribution in [3.63, 3.8) is 0 Å². The minimum absolute atomic E-state index is 0. The van der Waals surface area contributed by atoms with Crippen LogP contribution in [0.2, 0.25) is 0 Å². The number of ketones is 1. The molecule has 3 aromatic rings. The van der Waals surface area contributed by atoms with Gasteiger partial charge in [0.1, 0.15) is 0 Å². The van der Waals surface area contributed by atoms with E-state index in [-0.39, 0.29) is 80.8 Å². The Morgan fingerprint density at radius 3 is 2.12 bits per heavy atom. The van der Waals surface area contributed by atoms with Gasteiger partial charge in [0, 0.05) is 38.4 Å². The molecule has 0 fully saturated rings. The van der Waals surface area contributed by atoms with Crippen molar-refractivity contribution in [3.8, 4) is 23.1 Å². The SMILES string of the molecule is COc1cc2c(cc1OCCCOc1nc3cc(C(=O)CCC(=O)O)sc3cc1OC)CN(C(=O)CCC(=O)O)C2.[H-].[Na+]. The Labute approximate surface area is 269 Å². The van der Waals surface area contributed by atoms with Crippen molar-refractivity contribution in [3.05, 3.63) is 40.3 Å². The predicted molar refractivity (Wildman–Crippen MR) is 148 cm³/mol. The number of thiophene rings is 1. The van der Waals surface area contributed by atoms with Gasteiger partial charge in [-0.3, -0.25) is 19.2 Å². The van der Waals surface area contributed by atoms with Crippen LogP contribution in [-0.2, 0) is 27.5 Å². The smallest absolute Gasteiger partial charge is 1.00 e. The molecule has 0 saturated heterocycles. The number of fused-ring (bicyclic) bond motifs is 2. The fourth-order valence-electron chi connectivity index (χ4n) is 4.30. The van der Waals surface area contributed by atoms with Gasteiger partial charge in [-0.1, -0.05) is 0 Å². The molecule has 42 heavy (non-hydrogen) atoms. The van der Waals surface area contributed by atoms with Gasteiger partial charge in [-0.15, -0.1) is 11.3 Å². The number of aliphatic carboxylic acids is 2. The van der Waals surface area contributed by atoms with Crippen molar-refractivity contribution in [1.82, 2.24) is 9.88 Å². The van der Waals surface area contributed by atoms with Crippen LogP contribution in [0.1, 0.15) is 54.3 Å². The summed E-state index contributed by atoms with van der Waals surface area (Å²) >= 11 is 1.22. The first-order chi connectivity index (χ1) is 19.7. The van der Waals surface area contributed by atoms with Gasteiger partial charge in [0.15, 0.2) is 23.0 Å². The number of methoxy groups -OCH3 is 2. The Morgan fingerprint density at radius 1 is 0.857 bits per heavy atom. The average molecular weight is 611 g/mol.